The van der Waals surface area contributed by atoms with Gasteiger partial charge in [0.25, 0.3) is 0 Å². The topological polar surface area (TPSA) is 110 Å². The molecule has 0 aromatic rings. The van der Waals surface area contributed by atoms with E-state index in [1.165, 1.54) is 12.0 Å². The van der Waals surface area contributed by atoms with E-state index >= 15 is 0 Å². The molecule has 0 radical (unpaired) electrons. The Bertz CT molecular complexity index is 446. The van der Waals surface area contributed by atoms with E-state index in [0.29, 0.717) is 0 Å². The van der Waals surface area contributed by atoms with Crippen molar-refractivity contribution in [2.45, 2.75) is 57.2 Å². The molecule has 0 bridgehead atoms. The van der Waals surface area contributed by atoms with Crippen LogP contribution in [0.15, 0.2) is 0 Å². The Morgan fingerprint density at radius 2 is 1.96 bits per heavy atom. The summed E-state index contributed by atoms with van der Waals surface area (Å²) in [4.78, 5) is 37.1. The van der Waals surface area contributed by atoms with Gasteiger partial charge in [-0.1, -0.05) is 19.8 Å². The van der Waals surface area contributed by atoms with Crippen molar-refractivity contribution in [1.82, 2.24) is 4.90 Å². The maximum Gasteiger partial charge on any atom is 0.329 e. The van der Waals surface area contributed by atoms with Crippen molar-refractivity contribution >= 4 is 30.5 Å². The first-order chi connectivity index (χ1) is 10.8. The van der Waals surface area contributed by atoms with Crippen LogP contribution in [0.25, 0.3) is 0 Å². The van der Waals surface area contributed by atoms with Gasteiger partial charge in [-0.2, -0.15) is 12.6 Å². The predicted molar refractivity (Wildman–Crippen MR) is 88.2 cm³/mol. The number of nitrogens with zero attached hydrogens (tertiary/aromatic N) is 1. The summed E-state index contributed by atoms with van der Waals surface area (Å²) in [6.07, 6.45) is 3.26. The molecule has 1 saturated carbocycles. The summed E-state index contributed by atoms with van der Waals surface area (Å²) < 4.78 is 4.78. The predicted octanol–water partition coefficient (Wildman–Crippen LogP) is 0.667. The number of thiol groups is 1. The summed E-state index contributed by atoms with van der Waals surface area (Å²) in [5.41, 5.74) is 5.76. The van der Waals surface area contributed by atoms with Crippen LogP contribution in [-0.2, 0) is 19.1 Å². The van der Waals surface area contributed by atoms with E-state index < -0.39 is 36.4 Å². The minimum atomic E-state index is -1.19. The standard InChI is InChI=1S/C15H26N2O5S/c1-9-5-3-4-6-11(9)17(12(8-23)15(21)22-2)14(20)10(16)7-13(18)19/h9-12,23H,3-8,16H2,1-2H3,(H,18,19)/t9?,10-,11?,12+/m0/s1. The monoisotopic (exact) mass is 346 g/mol. The van der Waals surface area contributed by atoms with E-state index in [4.69, 9.17) is 15.6 Å². The summed E-state index contributed by atoms with van der Waals surface area (Å²) >= 11 is 4.18. The Hall–Kier alpha value is -1.28. The van der Waals surface area contributed by atoms with Gasteiger partial charge >= 0.3 is 11.9 Å². The van der Waals surface area contributed by atoms with Gasteiger partial charge in [0.05, 0.1) is 19.6 Å². The molecule has 0 saturated heterocycles. The van der Waals surface area contributed by atoms with Gasteiger partial charge in [0, 0.05) is 11.8 Å². The Balaban J connectivity index is 3.10. The first-order valence-corrected chi connectivity index (χ1v) is 8.44. The van der Waals surface area contributed by atoms with E-state index in [9.17, 15) is 14.4 Å². The molecule has 1 aliphatic carbocycles. The summed E-state index contributed by atoms with van der Waals surface area (Å²) in [5, 5.41) is 8.87. The van der Waals surface area contributed by atoms with E-state index in [-0.39, 0.29) is 17.7 Å². The number of carboxylic acid groups (broad SMARTS) is 1. The number of nitrogens with two attached hydrogens (primary N) is 1. The highest BCUT2D eigenvalue weighted by molar-refractivity contribution is 7.80. The number of carboxylic acids is 1. The highest BCUT2D eigenvalue weighted by Crippen LogP contribution is 2.30. The number of carbonyl (C=O) groups excluding carboxylic acids is 2. The molecule has 1 rings (SSSR count). The van der Waals surface area contributed by atoms with E-state index in [1.54, 1.807) is 0 Å². The van der Waals surface area contributed by atoms with Gasteiger partial charge in [0.2, 0.25) is 5.91 Å². The first kappa shape index (κ1) is 19.8. The average Bonchev–Trinajstić information content (AvgIpc) is 2.51. The fourth-order valence-corrected chi connectivity index (χ4v) is 3.46. The number of carbonyl (C=O) groups is 3. The zero-order valence-corrected chi connectivity index (χ0v) is 14.5. The summed E-state index contributed by atoms with van der Waals surface area (Å²) in [7, 11) is 1.25. The SMILES string of the molecule is COC(=O)[C@@H](CS)N(C(=O)[C@@H](N)CC(=O)O)C1CCCCC1C. The molecule has 0 aromatic carbocycles. The number of aliphatic carboxylic acids is 1. The molecule has 23 heavy (non-hydrogen) atoms. The molecule has 2 unspecified atom stereocenters. The molecule has 0 spiro atoms. The summed E-state index contributed by atoms with van der Waals surface area (Å²) in [5.74, 6) is -1.94. The summed E-state index contributed by atoms with van der Waals surface area (Å²) in [6, 6.07) is -2.21. The van der Waals surface area contributed by atoms with E-state index in [0.717, 1.165) is 25.7 Å². The lowest BCUT2D eigenvalue weighted by Crippen LogP contribution is -2.59. The van der Waals surface area contributed by atoms with Gasteiger partial charge in [-0.25, -0.2) is 4.79 Å². The molecule has 3 N–H and O–H groups in total. The number of methoxy groups -OCH3 is 1. The van der Waals surface area contributed by atoms with Gasteiger partial charge in [0.15, 0.2) is 0 Å². The Morgan fingerprint density at radius 3 is 2.43 bits per heavy atom. The van der Waals surface area contributed by atoms with E-state index in [2.05, 4.69) is 12.6 Å². The normalized spacial score (nSPS) is 23.7. The number of amides is 1. The Labute approximate surface area is 141 Å². The molecule has 132 valence electrons. The van der Waals surface area contributed by atoms with Crippen LogP contribution in [0, 0.1) is 5.92 Å². The molecule has 1 aliphatic rings. The van der Waals surface area contributed by atoms with Gasteiger partial charge in [-0.15, -0.1) is 0 Å². The number of hydrogen-bond donors (Lipinski definition) is 3. The minimum absolute atomic E-state index is 0.0986. The Kier molecular flexibility index (Phi) is 7.84. The van der Waals surface area contributed by atoms with Crippen LogP contribution in [0.3, 0.4) is 0 Å². The third-order valence-corrected chi connectivity index (χ3v) is 4.72. The number of ether oxygens (including phenoxy) is 1. The fourth-order valence-electron chi connectivity index (χ4n) is 3.14. The van der Waals surface area contributed by atoms with Crippen molar-refractivity contribution in [3.05, 3.63) is 0 Å². The molecule has 8 heteroatoms. The highest BCUT2D eigenvalue weighted by Gasteiger charge is 2.40. The lowest BCUT2D eigenvalue weighted by Gasteiger charge is -2.42. The molecule has 4 atom stereocenters. The maximum atomic E-state index is 12.7. The molecule has 1 fully saturated rings. The zero-order chi connectivity index (χ0) is 17.6. The van der Waals surface area contributed by atoms with Crippen LogP contribution < -0.4 is 5.73 Å². The van der Waals surface area contributed by atoms with Crippen LogP contribution in [0.4, 0.5) is 0 Å². The van der Waals surface area contributed by atoms with Gasteiger partial charge in [-0.3, -0.25) is 9.59 Å². The van der Waals surface area contributed by atoms with Gasteiger partial charge in [0.1, 0.15) is 6.04 Å². The molecule has 0 aromatic heterocycles. The lowest BCUT2D eigenvalue weighted by molar-refractivity contribution is -0.156. The number of rotatable bonds is 7. The van der Waals surface area contributed by atoms with Crippen LogP contribution in [-0.4, -0.2) is 58.8 Å². The maximum absolute atomic E-state index is 12.7. The zero-order valence-electron chi connectivity index (χ0n) is 13.6. The largest absolute Gasteiger partial charge is 0.481 e. The highest BCUT2D eigenvalue weighted by atomic mass is 32.1. The van der Waals surface area contributed by atoms with Crippen molar-refractivity contribution in [3.63, 3.8) is 0 Å². The summed E-state index contributed by atoms with van der Waals surface area (Å²) in [6.45, 7) is 2.03. The van der Waals surface area contributed by atoms with Crippen LogP contribution in [0.2, 0.25) is 0 Å². The second-order valence-electron chi connectivity index (χ2n) is 6.00. The molecule has 1 amide bonds. The third-order valence-electron chi connectivity index (χ3n) is 4.37. The smallest absolute Gasteiger partial charge is 0.329 e. The quantitative estimate of drug-likeness (QED) is 0.462. The average molecular weight is 346 g/mol. The van der Waals surface area contributed by atoms with Crippen LogP contribution in [0.5, 0.6) is 0 Å². The van der Waals surface area contributed by atoms with Crippen molar-refractivity contribution < 1.29 is 24.2 Å². The van der Waals surface area contributed by atoms with Gasteiger partial charge < -0.3 is 20.5 Å². The second kappa shape index (κ2) is 9.12. The minimum Gasteiger partial charge on any atom is -0.481 e. The van der Waals surface area contributed by atoms with Crippen LogP contribution in [0.1, 0.15) is 39.0 Å². The first-order valence-electron chi connectivity index (χ1n) is 7.81. The van der Waals surface area contributed by atoms with Crippen molar-refractivity contribution in [2.75, 3.05) is 12.9 Å². The van der Waals surface area contributed by atoms with Crippen molar-refractivity contribution in [3.8, 4) is 0 Å². The lowest BCUT2D eigenvalue weighted by atomic mass is 9.84. The van der Waals surface area contributed by atoms with Crippen molar-refractivity contribution in [1.29, 1.82) is 0 Å². The number of hydrogen-bond acceptors (Lipinski definition) is 6. The van der Waals surface area contributed by atoms with E-state index in [1.807, 2.05) is 6.92 Å². The molecule has 7 nitrogen and oxygen atoms in total. The number of esters is 1. The molecular weight excluding hydrogens is 320 g/mol. The van der Waals surface area contributed by atoms with Crippen LogP contribution >= 0.6 is 12.6 Å². The van der Waals surface area contributed by atoms with Crippen molar-refractivity contribution in [2.24, 2.45) is 11.7 Å². The Morgan fingerprint density at radius 1 is 1.35 bits per heavy atom. The van der Waals surface area contributed by atoms with Gasteiger partial charge in [-0.05, 0) is 18.8 Å². The molecule has 0 heterocycles. The molecule has 0 aliphatic heterocycles. The fraction of sp³-hybridized carbons (Fsp3) is 0.800. The molecular formula is C15H26N2O5S. The second-order valence-corrected chi connectivity index (χ2v) is 6.37. The third kappa shape index (κ3) is 5.10.